The molecule has 1 radical (unpaired) electrons. The summed E-state index contributed by atoms with van der Waals surface area (Å²) < 4.78 is 1.70. The number of nitrogens with two attached hydrogens (primary N) is 1. The largest absolute Gasteiger partial charge is 0.383 e. The number of nitrogens with zero attached hydrogens (tertiary/aromatic N) is 4. The molecule has 123 valence electrons. The Morgan fingerprint density at radius 1 is 0.920 bits per heavy atom. The van der Waals surface area contributed by atoms with E-state index in [1.807, 2.05) is 44.6 Å². The van der Waals surface area contributed by atoms with Gasteiger partial charge in [-0.05, 0) is 29.3 Å². The Morgan fingerprint density at radius 3 is 2.28 bits per heavy atom. The van der Waals surface area contributed by atoms with Gasteiger partial charge in [0.2, 0.25) is 0 Å². The predicted molar refractivity (Wildman–Crippen MR) is 101 cm³/mol. The molecule has 0 fully saturated rings. The average Bonchev–Trinajstić information content (AvgIpc) is 3.08. The van der Waals surface area contributed by atoms with Gasteiger partial charge in [-0.3, -0.25) is 0 Å². The van der Waals surface area contributed by atoms with E-state index in [1.54, 1.807) is 10.7 Å². The summed E-state index contributed by atoms with van der Waals surface area (Å²) in [4.78, 5) is 6.68. The van der Waals surface area contributed by atoms with Crippen LogP contribution < -0.4 is 10.6 Å². The molecule has 0 aliphatic rings. The van der Waals surface area contributed by atoms with Crippen LogP contribution in [0.3, 0.4) is 0 Å². The van der Waals surface area contributed by atoms with Crippen LogP contribution in [0.5, 0.6) is 0 Å². The minimum absolute atomic E-state index is 0.576. The molecule has 0 aliphatic carbocycles. The SMILES string of the molecule is CN(C)c1ccc(-c2cnn3c(N)c(-c4cc[c]cc4)cnc23)cc1. The van der Waals surface area contributed by atoms with Crippen molar-refractivity contribution in [1.82, 2.24) is 14.6 Å². The molecule has 4 rings (SSSR count). The Morgan fingerprint density at radius 2 is 1.60 bits per heavy atom. The molecule has 5 nitrogen and oxygen atoms in total. The summed E-state index contributed by atoms with van der Waals surface area (Å²) in [5, 5.41) is 4.45. The fraction of sp³-hybridized carbons (Fsp3) is 0.100. The molecule has 4 aromatic rings. The Bertz CT molecular complexity index is 1020. The van der Waals surface area contributed by atoms with Crippen molar-refractivity contribution in [2.24, 2.45) is 0 Å². The fourth-order valence-corrected chi connectivity index (χ4v) is 2.88. The van der Waals surface area contributed by atoms with Crippen LogP contribution in [0.15, 0.2) is 60.9 Å². The van der Waals surface area contributed by atoms with Gasteiger partial charge in [0.05, 0.1) is 6.20 Å². The highest BCUT2D eigenvalue weighted by Gasteiger charge is 2.13. The third kappa shape index (κ3) is 2.59. The maximum absolute atomic E-state index is 6.35. The maximum atomic E-state index is 6.35. The first-order chi connectivity index (χ1) is 12.1. The van der Waals surface area contributed by atoms with Crippen molar-refractivity contribution in [3.63, 3.8) is 0 Å². The van der Waals surface area contributed by atoms with E-state index in [0.717, 1.165) is 33.6 Å². The van der Waals surface area contributed by atoms with Crippen molar-refractivity contribution in [3.05, 3.63) is 67.0 Å². The van der Waals surface area contributed by atoms with E-state index in [2.05, 4.69) is 45.3 Å². The van der Waals surface area contributed by atoms with Crippen LogP contribution in [0.2, 0.25) is 0 Å². The highest BCUT2D eigenvalue weighted by molar-refractivity contribution is 5.82. The molecule has 0 aliphatic heterocycles. The molecule has 0 spiro atoms. The number of hydrogen-bond donors (Lipinski definition) is 1. The zero-order valence-corrected chi connectivity index (χ0v) is 14.1. The minimum atomic E-state index is 0.576. The van der Waals surface area contributed by atoms with E-state index in [-0.39, 0.29) is 0 Å². The van der Waals surface area contributed by atoms with Crippen LogP contribution in [-0.4, -0.2) is 28.7 Å². The molecule has 25 heavy (non-hydrogen) atoms. The van der Waals surface area contributed by atoms with Crippen LogP contribution in [0, 0.1) is 6.07 Å². The Labute approximate surface area is 146 Å². The summed E-state index contributed by atoms with van der Waals surface area (Å²) >= 11 is 0. The van der Waals surface area contributed by atoms with Gasteiger partial charge in [-0.2, -0.15) is 9.61 Å². The monoisotopic (exact) mass is 328 g/mol. The molecule has 0 saturated carbocycles. The summed E-state index contributed by atoms with van der Waals surface area (Å²) in [6.45, 7) is 0. The highest BCUT2D eigenvalue weighted by Crippen LogP contribution is 2.30. The summed E-state index contributed by atoms with van der Waals surface area (Å²) in [6, 6.07) is 19.0. The number of fused-ring (bicyclic) bond motifs is 1. The summed E-state index contributed by atoms with van der Waals surface area (Å²) in [6.07, 6.45) is 3.62. The zero-order chi connectivity index (χ0) is 17.4. The summed E-state index contributed by atoms with van der Waals surface area (Å²) in [5.74, 6) is 0.576. The van der Waals surface area contributed by atoms with Crippen molar-refractivity contribution < 1.29 is 0 Å². The summed E-state index contributed by atoms with van der Waals surface area (Å²) in [7, 11) is 4.05. The van der Waals surface area contributed by atoms with Gasteiger partial charge in [0.25, 0.3) is 0 Å². The molecule has 2 N–H and O–H groups in total. The average molecular weight is 328 g/mol. The van der Waals surface area contributed by atoms with Gasteiger partial charge in [-0.25, -0.2) is 4.98 Å². The third-order valence-electron chi connectivity index (χ3n) is 4.29. The van der Waals surface area contributed by atoms with Crippen LogP contribution in [0.25, 0.3) is 27.9 Å². The second-order valence-electron chi connectivity index (χ2n) is 6.08. The molecule has 2 aromatic carbocycles. The topological polar surface area (TPSA) is 59.5 Å². The molecular formula is C20H18N5. The van der Waals surface area contributed by atoms with E-state index >= 15 is 0 Å². The first kappa shape index (κ1) is 15.2. The fourth-order valence-electron chi connectivity index (χ4n) is 2.88. The number of nitrogen functional groups attached to an aromatic ring is 1. The molecule has 2 aromatic heterocycles. The van der Waals surface area contributed by atoms with E-state index < -0.39 is 0 Å². The van der Waals surface area contributed by atoms with Gasteiger partial charge in [-0.15, -0.1) is 0 Å². The van der Waals surface area contributed by atoms with Gasteiger partial charge < -0.3 is 10.6 Å². The Balaban J connectivity index is 1.81. The number of hydrogen-bond acceptors (Lipinski definition) is 4. The quantitative estimate of drug-likeness (QED) is 0.625. The van der Waals surface area contributed by atoms with E-state index in [9.17, 15) is 0 Å². The molecule has 2 heterocycles. The first-order valence-electron chi connectivity index (χ1n) is 8.01. The van der Waals surface area contributed by atoms with Crippen molar-refractivity contribution in [2.75, 3.05) is 24.7 Å². The maximum Gasteiger partial charge on any atom is 0.165 e. The molecule has 0 atom stereocenters. The second-order valence-corrected chi connectivity index (χ2v) is 6.08. The molecule has 0 saturated heterocycles. The van der Waals surface area contributed by atoms with Gasteiger partial charge in [-0.1, -0.05) is 36.4 Å². The Hall–Kier alpha value is -3.34. The standard InChI is InChI=1S/C20H18N5/c1-24(2)16-10-8-15(9-11-16)18-13-23-25-19(21)17(12-22-20(18)25)14-6-4-3-5-7-14/h4-13H,21H2,1-2H3. The molecule has 0 bridgehead atoms. The normalized spacial score (nSPS) is 11.0. The van der Waals surface area contributed by atoms with Crippen molar-refractivity contribution in [3.8, 4) is 22.3 Å². The lowest BCUT2D eigenvalue weighted by molar-refractivity contribution is 0.954. The number of aromatic nitrogens is 3. The van der Waals surface area contributed by atoms with Crippen molar-refractivity contribution in [1.29, 1.82) is 0 Å². The lowest BCUT2D eigenvalue weighted by Crippen LogP contribution is -2.07. The van der Waals surface area contributed by atoms with Crippen LogP contribution in [0.1, 0.15) is 0 Å². The Kier molecular flexibility index (Phi) is 3.61. The summed E-state index contributed by atoms with van der Waals surface area (Å²) in [5.41, 5.74) is 12.1. The molecule has 0 amide bonds. The van der Waals surface area contributed by atoms with Crippen LogP contribution >= 0.6 is 0 Å². The van der Waals surface area contributed by atoms with E-state index in [4.69, 9.17) is 5.73 Å². The first-order valence-corrected chi connectivity index (χ1v) is 8.01. The lowest BCUT2D eigenvalue weighted by atomic mass is 10.1. The number of rotatable bonds is 3. The van der Waals surface area contributed by atoms with E-state index in [0.29, 0.717) is 5.82 Å². The minimum Gasteiger partial charge on any atom is -0.383 e. The van der Waals surface area contributed by atoms with E-state index in [1.165, 1.54) is 0 Å². The molecular weight excluding hydrogens is 310 g/mol. The molecule has 0 unspecified atom stereocenters. The van der Waals surface area contributed by atoms with Crippen LogP contribution in [0.4, 0.5) is 11.5 Å². The van der Waals surface area contributed by atoms with Gasteiger partial charge in [0.15, 0.2) is 5.65 Å². The van der Waals surface area contributed by atoms with Gasteiger partial charge in [0, 0.05) is 37.1 Å². The zero-order valence-electron chi connectivity index (χ0n) is 14.1. The predicted octanol–water partition coefficient (Wildman–Crippen LogP) is 3.51. The third-order valence-corrected chi connectivity index (χ3v) is 4.29. The van der Waals surface area contributed by atoms with Crippen molar-refractivity contribution >= 4 is 17.2 Å². The second kappa shape index (κ2) is 5.94. The van der Waals surface area contributed by atoms with Crippen molar-refractivity contribution in [2.45, 2.75) is 0 Å². The smallest absolute Gasteiger partial charge is 0.165 e. The number of benzene rings is 2. The molecule has 5 heteroatoms. The lowest BCUT2D eigenvalue weighted by Gasteiger charge is -2.12. The van der Waals surface area contributed by atoms with Gasteiger partial charge in [0.1, 0.15) is 5.82 Å². The van der Waals surface area contributed by atoms with Crippen LogP contribution in [-0.2, 0) is 0 Å². The highest BCUT2D eigenvalue weighted by atomic mass is 15.3. The van der Waals surface area contributed by atoms with Gasteiger partial charge >= 0.3 is 0 Å². The number of anilines is 2.